The van der Waals surface area contributed by atoms with Gasteiger partial charge in [-0.1, -0.05) is 63.6 Å². The second-order valence-corrected chi connectivity index (χ2v) is 6.66. The van der Waals surface area contributed by atoms with Crippen molar-refractivity contribution >= 4 is 0 Å². The standard InChI is InChI=1S/C20H31F3O2/c1-5-6-7-8-9-10-14-18(19(2,24-3)25-4)16-12-11-13-17(15-16)20(21,22)23/h11-13,15,18H,5-10,14H2,1-4H3. The molecule has 144 valence electrons. The van der Waals surface area contributed by atoms with Crippen LogP contribution in [-0.4, -0.2) is 20.0 Å². The molecule has 2 nitrogen and oxygen atoms in total. The maximum absolute atomic E-state index is 13.1. The molecule has 0 aromatic heterocycles. The van der Waals surface area contributed by atoms with Crippen LogP contribution in [0.1, 0.15) is 75.8 Å². The van der Waals surface area contributed by atoms with E-state index in [-0.39, 0.29) is 5.92 Å². The Hall–Kier alpha value is -1.07. The van der Waals surface area contributed by atoms with Crippen molar-refractivity contribution in [2.75, 3.05) is 14.2 Å². The molecule has 0 saturated heterocycles. The molecule has 0 radical (unpaired) electrons. The Bertz CT molecular complexity index is 496. The van der Waals surface area contributed by atoms with Gasteiger partial charge in [0.15, 0.2) is 5.79 Å². The van der Waals surface area contributed by atoms with E-state index in [1.807, 2.05) is 0 Å². The first-order valence-electron chi connectivity index (χ1n) is 9.06. The summed E-state index contributed by atoms with van der Waals surface area (Å²) in [6, 6.07) is 5.51. The van der Waals surface area contributed by atoms with Gasteiger partial charge in [0, 0.05) is 20.1 Å². The molecule has 1 atom stereocenters. The molecule has 0 saturated carbocycles. The van der Waals surface area contributed by atoms with Crippen LogP contribution in [0.15, 0.2) is 24.3 Å². The van der Waals surface area contributed by atoms with E-state index in [0.29, 0.717) is 5.56 Å². The van der Waals surface area contributed by atoms with Crippen molar-refractivity contribution in [3.63, 3.8) is 0 Å². The van der Waals surface area contributed by atoms with E-state index in [1.165, 1.54) is 45.6 Å². The average Bonchev–Trinajstić information content (AvgIpc) is 2.60. The van der Waals surface area contributed by atoms with Crippen molar-refractivity contribution in [1.29, 1.82) is 0 Å². The van der Waals surface area contributed by atoms with Gasteiger partial charge in [-0.25, -0.2) is 0 Å². The molecule has 1 aromatic rings. The molecule has 0 aliphatic carbocycles. The number of hydrogen-bond acceptors (Lipinski definition) is 2. The lowest BCUT2D eigenvalue weighted by Gasteiger charge is -2.36. The summed E-state index contributed by atoms with van der Waals surface area (Å²) in [7, 11) is 3.07. The van der Waals surface area contributed by atoms with Crippen LogP contribution >= 0.6 is 0 Å². The number of rotatable bonds is 11. The van der Waals surface area contributed by atoms with E-state index < -0.39 is 17.5 Å². The largest absolute Gasteiger partial charge is 0.416 e. The molecule has 1 unspecified atom stereocenters. The minimum atomic E-state index is -4.35. The van der Waals surface area contributed by atoms with Crippen molar-refractivity contribution in [2.24, 2.45) is 0 Å². The summed E-state index contributed by atoms with van der Waals surface area (Å²) in [5, 5.41) is 0. The Morgan fingerprint density at radius 2 is 1.56 bits per heavy atom. The molecule has 0 N–H and O–H groups in total. The SMILES string of the molecule is CCCCCCCCC(c1cccc(C(F)(F)F)c1)C(C)(OC)OC. The highest BCUT2D eigenvalue weighted by Crippen LogP contribution is 2.38. The van der Waals surface area contributed by atoms with Crippen LogP contribution in [0.5, 0.6) is 0 Å². The van der Waals surface area contributed by atoms with Crippen LogP contribution < -0.4 is 0 Å². The second-order valence-electron chi connectivity index (χ2n) is 6.66. The molecular weight excluding hydrogens is 329 g/mol. The zero-order valence-corrected chi connectivity index (χ0v) is 15.8. The van der Waals surface area contributed by atoms with E-state index >= 15 is 0 Å². The fourth-order valence-corrected chi connectivity index (χ4v) is 3.16. The Morgan fingerprint density at radius 3 is 2.12 bits per heavy atom. The third-order valence-electron chi connectivity index (χ3n) is 4.91. The lowest BCUT2D eigenvalue weighted by molar-refractivity contribution is -0.210. The molecule has 0 bridgehead atoms. The summed E-state index contributed by atoms with van der Waals surface area (Å²) < 4.78 is 50.2. The first-order valence-corrected chi connectivity index (χ1v) is 9.06. The summed E-state index contributed by atoms with van der Waals surface area (Å²) in [5.41, 5.74) is -0.0258. The summed E-state index contributed by atoms with van der Waals surface area (Å²) in [6.45, 7) is 3.96. The maximum atomic E-state index is 13.1. The fraction of sp³-hybridized carbons (Fsp3) is 0.700. The van der Waals surface area contributed by atoms with Gasteiger partial charge in [-0.2, -0.15) is 13.2 Å². The zero-order chi connectivity index (χ0) is 18.9. The minimum Gasteiger partial charge on any atom is -0.353 e. The summed E-state index contributed by atoms with van der Waals surface area (Å²) in [5.74, 6) is -1.20. The highest BCUT2D eigenvalue weighted by Gasteiger charge is 2.37. The summed E-state index contributed by atoms with van der Waals surface area (Å²) in [6.07, 6.45) is 3.16. The average molecular weight is 360 g/mol. The molecule has 0 spiro atoms. The van der Waals surface area contributed by atoms with Gasteiger partial charge < -0.3 is 9.47 Å². The topological polar surface area (TPSA) is 18.5 Å². The maximum Gasteiger partial charge on any atom is 0.416 e. The van der Waals surface area contributed by atoms with Crippen molar-refractivity contribution < 1.29 is 22.6 Å². The molecule has 5 heteroatoms. The Kier molecular flexibility index (Phi) is 8.94. The Balaban J connectivity index is 2.92. The third kappa shape index (κ3) is 6.63. The number of halogens is 3. The number of methoxy groups -OCH3 is 2. The predicted octanol–water partition coefficient (Wildman–Crippen LogP) is 6.55. The van der Waals surface area contributed by atoms with Gasteiger partial charge in [-0.15, -0.1) is 0 Å². The predicted molar refractivity (Wildman–Crippen MR) is 94.6 cm³/mol. The summed E-state index contributed by atoms with van der Waals surface area (Å²) in [4.78, 5) is 0. The molecule has 0 amide bonds. The number of alkyl halides is 3. The second kappa shape index (κ2) is 10.2. The smallest absolute Gasteiger partial charge is 0.353 e. The van der Waals surface area contributed by atoms with Gasteiger partial charge in [0.1, 0.15) is 0 Å². The monoisotopic (exact) mass is 360 g/mol. The molecule has 25 heavy (non-hydrogen) atoms. The van der Waals surface area contributed by atoms with Gasteiger partial charge in [0.2, 0.25) is 0 Å². The van der Waals surface area contributed by atoms with E-state index in [4.69, 9.17) is 9.47 Å². The first kappa shape index (κ1) is 22.0. The van der Waals surface area contributed by atoms with E-state index in [0.717, 1.165) is 31.7 Å². The van der Waals surface area contributed by atoms with Gasteiger partial charge in [0.05, 0.1) is 5.56 Å². The summed E-state index contributed by atoms with van der Waals surface area (Å²) >= 11 is 0. The zero-order valence-electron chi connectivity index (χ0n) is 15.8. The number of hydrogen-bond donors (Lipinski definition) is 0. The van der Waals surface area contributed by atoms with Gasteiger partial charge in [0.25, 0.3) is 0 Å². The fourth-order valence-electron chi connectivity index (χ4n) is 3.16. The third-order valence-corrected chi connectivity index (χ3v) is 4.91. The Labute approximate surface area is 149 Å². The van der Waals surface area contributed by atoms with Crippen molar-refractivity contribution in [3.05, 3.63) is 35.4 Å². The van der Waals surface area contributed by atoms with Crippen LogP contribution in [0.25, 0.3) is 0 Å². The van der Waals surface area contributed by atoms with Crippen molar-refractivity contribution in [1.82, 2.24) is 0 Å². The minimum absolute atomic E-state index is 0.254. The molecule has 1 rings (SSSR count). The van der Waals surface area contributed by atoms with E-state index in [1.54, 1.807) is 13.0 Å². The van der Waals surface area contributed by atoms with Gasteiger partial charge in [-0.3, -0.25) is 0 Å². The highest BCUT2D eigenvalue weighted by molar-refractivity contribution is 5.29. The number of benzene rings is 1. The normalized spacial score (nSPS) is 13.9. The molecule has 0 aliphatic heterocycles. The molecule has 0 heterocycles. The van der Waals surface area contributed by atoms with Crippen LogP contribution in [0, 0.1) is 0 Å². The van der Waals surface area contributed by atoms with Gasteiger partial charge in [-0.05, 0) is 25.0 Å². The molecule has 1 aromatic carbocycles. The molecular formula is C20H31F3O2. The van der Waals surface area contributed by atoms with Gasteiger partial charge >= 0.3 is 6.18 Å². The number of unbranched alkanes of at least 4 members (excludes halogenated alkanes) is 5. The van der Waals surface area contributed by atoms with Crippen LogP contribution in [-0.2, 0) is 15.7 Å². The van der Waals surface area contributed by atoms with Crippen molar-refractivity contribution in [2.45, 2.75) is 76.7 Å². The van der Waals surface area contributed by atoms with Crippen LogP contribution in [0.4, 0.5) is 13.2 Å². The molecule has 0 fully saturated rings. The lowest BCUT2D eigenvalue weighted by Crippen LogP contribution is -2.37. The van der Waals surface area contributed by atoms with Crippen molar-refractivity contribution in [3.8, 4) is 0 Å². The number of ether oxygens (including phenoxy) is 2. The lowest BCUT2D eigenvalue weighted by atomic mass is 9.85. The quantitative estimate of drug-likeness (QED) is 0.329. The Morgan fingerprint density at radius 1 is 0.960 bits per heavy atom. The molecule has 0 aliphatic rings. The van der Waals surface area contributed by atoms with E-state index in [9.17, 15) is 13.2 Å². The first-order chi connectivity index (χ1) is 11.8. The van der Waals surface area contributed by atoms with E-state index in [2.05, 4.69) is 6.92 Å². The van der Waals surface area contributed by atoms with Crippen LogP contribution in [0.2, 0.25) is 0 Å². The van der Waals surface area contributed by atoms with Crippen LogP contribution in [0.3, 0.4) is 0 Å². The highest BCUT2D eigenvalue weighted by atomic mass is 19.4.